The Morgan fingerprint density at radius 1 is 0.909 bits per heavy atom. The first kappa shape index (κ1) is 17.7. The van der Waals surface area contributed by atoms with Gasteiger partial charge in [-0.05, 0) is 12.1 Å². The van der Waals surface area contributed by atoms with E-state index in [0.717, 1.165) is 18.2 Å². The number of aliphatic hydroxyl groups excluding tert-OH is 4. The van der Waals surface area contributed by atoms with Crippen LogP contribution in [0.4, 0.5) is 0 Å². The van der Waals surface area contributed by atoms with Gasteiger partial charge in [0.15, 0.2) is 23.7 Å². The molecule has 10 nitrogen and oxygen atoms in total. The van der Waals surface area contributed by atoms with Crippen molar-refractivity contribution in [2.24, 2.45) is 0 Å². The number of carbonyl (C=O) groups is 2. The highest BCUT2D eigenvalue weighted by Gasteiger charge is 2.38. The largest absolute Gasteiger partial charge is 0.504 e. The number of hydrogen-bond acceptors (Lipinski definition) is 9. The summed E-state index contributed by atoms with van der Waals surface area (Å²) in [6.45, 7) is 0. The molecule has 4 unspecified atom stereocenters. The SMILES string of the molecule is O=C(O)C(O)C(O)C(O)C(O)C(=O)Oc1ccc(O)c(O)c1. The summed E-state index contributed by atoms with van der Waals surface area (Å²) in [5, 5.41) is 63.9. The van der Waals surface area contributed by atoms with Gasteiger partial charge in [0.2, 0.25) is 0 Å². The topological polar surface area (TPSA) is 185 Å². The van der Waals surface area contributed by atoms with Gasteiger partial charge in [-0.3, -0.25) is 0 Å². The second-order valence-electron chi connectivity index (χ2n) is 4.28. The van der Waals surface area contributed by atoms with Crippen molar-refractivity contribution in [3.63, 3.8) is 0 Å². The maximum atomic E-state index is 11.5. The van der Waals surface area contributed by atoms with Gasteiger partial charge >= 0.3 is 11.9 Å². The van der Waals surface area contributed by atoms with Crippen molar-refractivity contribution >= 4 is 11.9 Å². The van der Waals surface area contributed by atoms with Crippen LogP contribution in [-0.2, 0) is 9.59 Å². The van der Waals surface area contributed by atoms with Gasteiger partial charge in [0.1, 0.15) is 18.0 Å². The summed E-state index contributed by atoms with van der Waals surface area (Å²) in [6, 6.07) is 2.90. The summed E-state index contributed by atoms with van der Waals surface area (Å²) in [7, 11) is 0. The minimum atomic E-state index is -2.42. The smallest absolute Gasteiger partial charge is 0.343 e. The van der Waals surface area contributed by atoms with Gasteiger partial charge in [-0.25, -0.2) is 9.59 Å². The second-order valence-corrected chi connectivity index (χ2v) is 4.28. The lowest BCUT2D eigenvalue weighted by molar-refractivity contribution is -0.171. The fourth-order valence-corrected chi connectivity index (χ4v) is 1.40. The van der Waals surface area contributed by atoms with Crippen LogP contribution in [0.1, 0.15) is 0 Å². The Balaban J connectivity index is 2.75. The average molecular weight is 318 g/mol. The predicted molar refractivity (Wildman–Crippen MR) is 67.1 cm³/mol. The Morgan fingerprint density at radius 3 is 1.95 bits per heavy atom. The summed E-state index contributed by atoms with van der Waals surface area (Å²) in [4.78, 5) is 22.0. The molecule has 7 N–H and O–H groups in total. The molecule has 0 aliphatic heterocycles. The van der Waals surface area contributed by atoms with Gasteiger partial charge in [-0.15, -0.1) is 0 Å². The van der Waals surface area contributed by atoms with E-state index in [1.165, 1.54) is 0 Å². The number of phenolic OH excluding ortho intramolecular Hbond substituents is 2. The number of ether oxygens (including phenoxy) is 1. The third kappa shape index (κ3) is 4.05. The van der Waals surface area contributed by atoms with Crippen LogP contribution >= 0.6 is 0 Å². The molecule has 1 aromatic rings. The Kier molecular flexibility index (Phi) is 5.65. The molecule has 1 aromatic carbocycles. The second kappa shape index (κ2) is 7.04. The lowest BCUT2D eigenvalue weighted by Crippen LogP contribution is -2.50. The third-order valence-electron chi connectivity index (χ3n) is 2.66. The lowest BCUT2D eigenvalue weighted by Gasteiger charge is -2.23. The van der Waals surface area contributed by atoms with Crippen LogP contribution in [0.3, 0.4) is 0 Å². The van der Waals surface area contributed by atoms with Crippen LogP contribution in [0.2, 0.25) is 0 Å². The summed E-state index contributed by atoms with van der Waals surface area (Å²) in [5.41, 5.74) is 0. The lowest BCUT2D eigenvalue weighted by atomic mass is 10.0. The molecule has 0 aliphatic rings. The summed E-state index contributed by atoms with van der Waals surface area (Å²) in [5.74, 6) is -4.73. The first-order valence-electron chi connectivity index (χ1n) is 5.84. The average Bonchev–Trinajstić information content (AvgIpc) is 2.47. The predicted octanol–water partition coefficient (Wildman–Crippen LogP) is -2.47. The van der Waals surface area contributed by atoms with Gasteiger partial charge in [0.25, 0.3) is 0 Å². The number of carboxylic acids is 1. The number of rotatable bonds is 6. The van der Waals surface area contributed by atoms with Crippen molar-refractivity contribution in [2.45, 2.75) is 24.4 Å². The van der Waals surface area contributed by atoms with Crippen molar-refractivity contribution in [1.29, 1.82) is 0 Å². The van der Waals surface area contributed by atoms with E-state index < -0.39 is 47.9 Å². The van der Waals surface area contributed by atoms with Gasteiger partial charge < -0.3 is 40.5 Å². The van der Waals surface area contributed by atoms with Crippen LogP contribution in [0.5, 0.6) is 17.2 Å². The number of aromatic hydroxyl groups is 2. The first-order valence-corrected chi connectivity index (χ1v) is 5.84. The molecular weight excluding hydrogens is 304 g/mol. The Hall–Kier alpha value is -2.40. The fourth-order valence-electron chi connectivity index (χ4n) is 1.40. The molecule has 0 amide bonds. The number of phenols is 2. The van der Waals surface area contributed by atoms with E-state index in [4.69, 9.17) is 15.3 Å². The number of esters is 1. The molecular formula is C12H14O10. The highest BCUT2D eigenvalue weighted by atomic mass is 16.6. The van der Waals surface area contributed by atoms with E-state index in [-0.39, 0.29) is 5.75 Å². The van der Waals surface area contributed by atoms with Gasteiger partial charge in [-0.2, -0.15) is 0 Å². The molecule has 0 fully saturated rings. The van der Waals surface area contributed by atoms with Gasteiger partial charge in [0, 0.05) is 6.07 Å². The van der Waals surface area contributed by atoms with E-state index in [1.807, 2.05) is 0 Å². The van der Waals surface area contributed by atoms with Crippen LogP contribution in [-0.4, -0.2) is 72.1 Å². The zero-order chi connectivity index (χ0) is 17.0. The Labute approximate surface area is 123 Å². The number of carbonyl (C=O) groups excluding carboxylic acids is 1. The highest BCUT2D eigenvalue weighted by molar-refractivity contribution is 5.78. The molecule has 0 aromatic heterocycles. The minimum Gasteiger partial charge on any atom is -0.504 e. The zero-order valence-corrected chi connectivity index (χ0v) is 10.9. The maximum absolute atomic E-state index is 11.5. The number of hydrogen-bond donors (Lipinski definition) is 7. The summed E-state index contributed by atoms with van der Waals surface area (Å²) >= 11 is 0. The van der Waals surface area contributed by atoms with E-state index in [9.17, 15) is 30.0 Å². The molecule has 10 heteroatoms. The number of aliphatic hydroxyl groups is 4. The van der Waals surface area contributed by atoms with Crippen LogP contribution in [0.15, 0.2) is 18.2 Å². The quantitative estimate of drug-likeness (QED) is 0.168. The Bertz CT molecular complexity index is 557. The van der Waals surface area contributed by atoms with Crippen LogP contribution < -0.4 is 4.74 Å². The zero-order valence-electron chi connectivity index (χ0n) is 10.9. The van der Waals surface area contributed by atoms with Crippen molar-refractivity contribution in [3.8, 4) is 17.2 Å². The van der Waals surface area contributed by atoms with Crippen molar-refractivity contribution in [3.05, 3.63) is 18.2 Å². The molecule has 122 valence electrons. The van der Waals surface area contributed by atoms with Crippen molar-refractivity contribution in [1.82, 2.24) is 0 Å². The molecule has 22 heavy (non-hydrogen) atoms. The van der Waals surface area contributed by atoms with E-state index in [0.29, 0.717) is 0 Å². The monoisotopic (exact) mass is 318 g/mol. The van der Waals surface area contributed by atoms with Crippen molar-refractivity contribution < 1.29 is 50.1 Å². The maximum Gasteiger partial charge on any atom is 0.343 e. The van der Waals surface area contributed by atoms with E-state index in [1.54, 1.807) is 0 Å². The third-order valence-corrected chi connectivity index (χ3v) is 2.66. The fraction of sp³-hybridized carbons (Fsp3) is 0.333. The van der Waals surface area contributed by atoms with Crippen molar-refractivity contribution in [2.75, 3.05) is 0 Å². The molecule has 0 bridgehead atoms. The standard InChI is InChI=1S/C12H14O10/c13-5-2-1-4(3-6(5)14)22-12(21)10(18)8(16)7(15)9(17)11(19)20/h1-3,7-10,13-18H,(H,19,20). The summed E-state index contributed by atoms with van der Waals surface area (Å²) in [6.07, 6.45) is -9.45. The molecule has 0 spiro atoms. The number of carboxylic acid groups (broad SMARTS) is 1. The number of benzene rings is 1. The van der Waals surface area contributed by atoms with Gasteiger partial charge in [0.05, 0.1) is 0 Å². The normalized spacial score (nSPS) is 16.4. The van der Waals surface area contributed by atoms with Crippen LogP contribution in [0.25, 0.3) is 0 Å². The Morgan fingerprint density at radius 2 is 1.45 bits per heavy atom. The molecule has 0 heterocycles. The number of aliphatic carboxylic acids is 1. The summed E-state index contributed by atoms with van der Waals surface area (Å²) < 4.78 is 4.56. The molecule has 0 aliphatic carbocycles. The molecule has 0 saturated heterocycles. The van der Waals surface area contributed by atoms with E-state index >= 15 is 0 Å². The van der Waals surface area contributed by atoms with Crippen LogP contribution in [0, 0.1) is 0 Å². The van der Waals surface area contributed by atoms with Gasteiger partial charge in [-0.1, -0.05) is 0 Å². The first-order chi connectivity index (χ1) is 10.1. The van der Waals surface area contributed by atoms with E-state index in [2.05, 4.69) is 4.74 Å². The minimum absolute atomic E-state index is 0.292. The molecule has 0 radical (unpaired) electrons. The molecule has 0 saturated carbocycles. The highest BCUT2D eigenvalue weighted by Crippen LogP contribution is 2.28. The molecule has 4 atom stereocenters. The molecule has 1 rings (SSSR count).